The van der Waals surface area contributed by atoms with Crippen LogP contribution in [0.15, 0.2) is 0 Å². The van der Waals surface area contributed by atoms with Crippen LogP contribution in [-0.4, -0.2) is 36.6 Å². The summed E-state index contributed by atoms with van der Waals surface area (Å²) in [7, 11) is 0. The molecule has 1 N–H and O–H groups in total. The van der Waals surface area contributed by atoms with Gasteiger partial charge in [0.05, 0.1) is 0 Å². The Balaban J connectivity index is 1.96. The predicted molar refractivity (Wildman–Crippen MR) is 90.3 cm³/mol. The molecule has 1 aliphatic heterocycles. The van der Waals surface area contributed by atoms with Crippen molar-refractivity contribution in [2.24, 2.45) is 0 Å². The van der Waals surface area contributed by atoms with Gasteiger partial charge in [-0.25, -0.2) is 0 Å². The Hall–Kier alpha value is -0.0800. The van der Waals surface area contributed by atoms with Gasteiger partial charge in [-0.2, -0.15) is 0 Å². The molecule has 0 aromatic rings. The number of nitrogens with zero attached hydrogens (tertiary/aromatic N) is 1. The Labute approximate surface area is 127 Å². The zero-order valence-corrected chi connectivity index (χ0v) is 14.3. The number of piperidine rings is 1. The Bertz CT molecular complexity index is 215. The van der Waals surface area contributed by atoms with Gasteiger partial charge < -0.3 is 10.2 Å². The van der Waals surface area contributed by atoms with Gasteiger partial charge in [-0.3, -0.25) is 0 Å². The van der Waals surface area contributed by atoms with E-state index in [-0.39, 0.29) is 0 Å². The highest BCUT2D eigenvalue weighted by Crippen LogP contribution is 2.13. The molecule has 0 amide bonds. The molecule has 0 radical (unpaired) electrons. The van der Waals surface area contributed by atoms with Crippen molar-refractivity contribution in [3.8, 4) is 0 Å². The summed E-state index contributed by atoms with van der Waals surface area (Å²) >= 11 is 0. The van der Waals surface area contributed by atoms with Crippen LogP contribution in [0.5, 0.6) is 0 Å². The highest BCUT2D eigenvalue weighted by atomic mass is 15.2. The Morgan fingerprint density at radius 1 is 1.00 bits per heavy atom. The minimum absolute atomic E-state index is 0.628. The highest BCUT2D eigenvalue weighted by Gasteiger charge is 2.19. The van der Waals surface area contributed by atoms with Gasteiger partial charge in [-0.1, -0.05) is 65.7 Å². The molecule has 2 nitrogen and oxygen atoms in total. The van der Waals surface area contributed by atoms with Crippen LogP contribution < -0.4 is 5.32 Å². The van der Waals surface area contributed by atoms with Gasteiger partial charge in [-0.05, 0) is 32.4 Å². The summed E-state index contributed by atoms with van der Waals surface area (Å²) in [4.78, 5) is 2.68. The van der Waals surface area contributed by atoms with E-state index in [9.17, 15) is 0 Å². The summed E-state index contributed by atoms with van der Waals surface area (Å²) in [6.07, 6.45) is 14.2. The van der Waals surface area contributed by atoms with Gasteiger partial charge >= 0.3 is 0 Å². The molecule has 0 saturated carbocycles. The van der Waals surface area contributed by atoms with Crippen LogP contribution in [0.3, 0.4) is 0 Å². The van der Waals surface area contributed by atoms with E-state index in [1.165, 1.54) is 83.8 Å². The number of rotatable bonds is 11. The van der Waals surface area contributed by atoms with Crippen molar-refractivity contribution in [2.75, 3.05) is 19.6 Å². The third-order valence-corrected chi connectivity index (χ3v) is 4.40. The summed E-state index contributed by atoms with van der Waals surface area (Å²) in [6.45, 7) is 10.7. The lowest BCUT2D eigenvalue weighted by Gasteiger charge is -2.34. The van der Waals surface area contributed by atoms with Gasteiger partial charge in [0.1, 0.15) is 0 Å². The fourth-order valence-corrected chi connectivity index (χ4v) is 3.34. The molecule has 2 heteroatoms. The molecule has 0 aromatic heterocycles. The van der Waals surface area contributed by atoms with Gasteiger partial charge in [0, 0.05) is 18.6 Å². The first-order valence-corrected chi connectivity index (χ1v) is 9.20. The van der Waals surface area contributed by atoms with Crippen LogP contribution in [-0.2, 0) is 0 Å². The summed E-state index contributed by atoms with van der Waals surface area (Å²) in [5.74, 6) is 0. The average molecular weight is 283 g/mol. The van der Waals surface area contributed by atoms with Crippen molar-refractivity contribution < 1.29 is 0 Å². The van der Waals surface area contributed by atoms with Crippen LogP contribution >= 0.6 is 0 Å². The maximum absolute atomic E-state index is 3.70. The van der Waals surface area contributed by atoms with Gasteiger partial charge in [0.15, 0.2) is 0 Å². The van der Waals surface area contributed by atoms with Gasteiger partial charge in [-0.15, -0.1) is 0 Å². The summed E-state index contributed by atoms with van der Waals surface area (Å²) < 4.78 is 0. The lowest BCUT2D eigenvalue weighted by Crippen LogP contribution is -2.47. The first kappa shape index (κ1) is 18.0. The highest BCUT2D eigenvalue weighted by molar-refractivity contribution is 4.79. The summed E-state index contributed by atoms with van der Waals surface area (Å²) in [6, 6.07) is 1.36. The molecule has 0 spiro atoms. The third-order valence-electron chi connectivity index (χ3n) is 4.40. The predicted octanol–water partition coefficient (Wildman–Crippen LogP) is 4.59. The largest absolute Gasteiger partial charge is 0.311 e. The molecule has 20 heavy (non-hydrogen) atoms. The zero-order chi connectivity index (χ0) is 14.6. The number of hydrogen-bond acceptors (Lipinski definition) is 2. The lowest BCUT2D eigenvalue weighted by atomic mass is 10.0. The molecular weight excluding hydrogens is 244 g/mol. The second-order valence-electron chi connectivity index (χ2n) is 6.94. The number of likely N-dealkylation sites (tertiary alicyclic amines) is 1. The summed E-state index contributed by atoms with van der Waals surface area (Å²) in [5, 5.41) is 3.70. The third kappa shape index (κ3) is 8.97. The number of unbranched alkanes of at least 4 members (excludes halogenated alkanes) is 7. The molecule has 1 unspecified atom stereocenters. The van der Waals surface area contributed by atoms with E-state index in [0.29, 0.717) is 6.04 Å². The molecule has 0 aromatic carbocycles. The molecule has 1 atom stereocenters. The fourth-order valence-electron chi connectivity index (χ4n) is 3.34. The van der Waals surface area contributed by atoms with E-state index in [1.807, 2.05) is 0 Å². The maximum Gasteiger partial charge on any atom is 0.0197 e. The van der Waals surface area contributed by atoms with Crippen molar-refractivity contribution in [2.45, 2.75) is 97.1 Å². The fraction of sp³-hybridized carbons (Fsp3) is 1.00. The number of hydrogen-bond donors (Lipinski definition) is 1. The summed E-state index contributed by atoms with van der Waals surface area (Å²) in [5.41, 5.74) is 0. The average Bonchev–Trinajstić information content (AvgIpc) is 2.41. The van der Waals surface area contributed by atoms with Crippen LogP contribution in [0.1, 0.15) is 85.0 Å². The van der Waals surface area contributed by atoms with E-state index in [1.54, 1.807) is 0 Å². The molecule has 0 bridgehead atoms. The van der Waals surface area contributed by atoms with E-state index >= 15 is 0 Å². The van der Waals surface area contributed by atoms with E-state index in [2.05, 4.69) is 31.0 Å². The molecule has 1 heterocycles. The smallest absolute Gasteiger partial charge is 0.0197 e. The first-order valence-electron chi connectivity index (χ1n) is 9.20. The zero-order valence-electron chi connectivity index (χ0n) is 14.3. The van der Waals surface area contributed by atoms with Crippen LogP contribution in [0, 0.1) is 0 Å². The standard InChI is InChI=1S/C18H38N2/c1-4-5-6-7-8-9-10-11-14-20-15-12-13-18(16-20)19-17(2)3/h17-19H,4-16H2,1-3H3. The second kappa shape index (κ2) is 11.6. The first-order chi connectivity index (χ1) is 9.72. The van der Waals surface area contributed by atoms with Crippen LogP contribution in [0.25, 0.3) is 0 Å². The van der Waals surface area contributed by atoms with Crippen molar-refractivity contribution in [3.05, 3.63) is 0 Å². The van der Waals surface area contributed by atoms with Crippen molar-refractivity contribution in [1.82, 2.24) is 10.2 Å². The van der Waals surface area contributed by atoms with E-state index in [0.717, 1.165) is 6.04 Å². The SMILES string of the molecule is CCCCCCCCCCN1CCCC(NC(C)C)C1. The molecule has 1 saturated heterocycles. The van der Waals surface area contributed by atoms with E-state index in [4.69, 9.17) is 0 Å². The maximum atomic E-state index is 3.70. The van der Waals surface area contributed by atoms with Gasteiger partial charge in [0.25, 0.3) is 0 Å². The topological polar surface area (TPSA) is 15.3 Å². The van der Waals surface area contributed by atoms with Gasteiger partial charge in [0.2, 0.25) is 0 Å². The molecule has 120 valence electrons. The normalized spacial score (nSPS) is 20.7. The minimum Gasteiger partial charge on any atom is -0.311 e. The monoisotopic (exact) mass is 282 g/mol. The van der Waals surface area contributed by atoms with Crippen molar-refractivity contribution in [1.29, 1.82) is 0 Å². The second-order valence-corrected chi connectivity index (χ2v) is 6.94. The minimum atomic E-state index is 0.628. The lowest BCUT2D eigenvalue weighted by molar-refractivity contribution is 0.182. The van der Waals surface area contributed by atoms with Crippen LogP contribution in [0.4, 0.5) is 0 Å². The van der Waals surface area contributed by atoms with Crippen molar-refractivity contribution >= 4 is 0 Å². The molecule has 0 aliphatic carbocycles. The van der Waals surface area contributed by atoms with E-state index < -0.39 is 0 Å². The Kier molecular flexibility index (Phi) is 10.4. The Morgan fingerprint density at radius 2 is 1.65 bits per heavy atom. The molecular formula is C18H38N2. The quantitative estimate of drug-likeness (QED) is 0.558. The Morgan fingerprint density at radius 3 is 2.30 bits per heavy atom. The molecule has 1 aliphatic rings. The van der Waals surface area contributed by atoms with Crippen LogP contribution in [0.2, 0.25) is 0 Å². The molecule has 1 fully saturated rings. The van der Waals surface area contributed by atoms with Crippen molar-refractivity contribution in [3.63, 3.8) is 0 Å². The molecule has 1 rings (SSSR count). The number of nitrogens with one attached hydrogen (secondary N) is 1.